The Hall–Kier alpha value is -2.14. The minimum atomic E-state index is -1.26. The number of hydrogen-bond donors (Lipinski definition) is 2. The first-order valence-corrected chi connectivity index (χ1v) is 11.6. The van der Waals surface area contributed by atoms with Crippen LogP contribution >= 0.6 is 11.8 Å². The largest absolute Gasteiger partial charge is 0.507 e. The topological polar surface area (TPSA) is 66.8 Å². The number of benzene rings is 2. The number of phenolic OH excluding ortho intramolecular Hbond substituents is 1. The number of carboxylic acid groups (broad SMARTS) is 1. The highest BCUT2D eigenvalue weighted by Crippen LogP contribution is 2.41. The molecule has 0 fully saturated rings. The van der Waals surface area contributed by atoms with Gasteiger partial charge in [-0.25, -0.2) is 4.79 Å². The number of carbonyl (C=O) groups is 1. The van der Waals surface area contributed by atoms with Gasteiger partial charge in [0, 0.05) is 21.8 Å². The molecular weight excluding hydrogens is 408 g/mol. The van der Waals surface area contributed by atoms with Gasteiger partial charge in [-0.2, -0.15) is 0 Å². The Morgan fingerprint density at radius 2 is 1.39 bits per heavy atom. The Morgan fingerprint density at radius 3 is 1.81 bits per heavy atom. The van der Waals surface area contributed by atoms with E-state index in [1.54, 1.807) is 11.8 Å². The molecule has 5 heteroatoms. The minimum Gasteiger partial charge on any atom is -0.507 e. The summed E-state index contributed by atoms with van der Waals surface area (Å²) in [4.78, 5) is 12.4. The predicted octanol–water partition coefficient (Wildman–Crippen LogP) is 6.56. The number of carboxylic acids is 1. The van der Waals surface area contributed by atoms with Gasteiger partial charge in [0.05, 0.1) is 0 Å². The molecule has 0 aromatic heterocycles. The lowest BCUT2D eigenvalue weighted by Crippen LogP contribution is -2.37. The third kappa shape index (κ3) is 6.67. The van der Waals surface area contributed by atoms with Crippen LogP contribution in [0.4, 0.5) is 0 Å². The zero-order chi connectivity index (χ0) is 23.6. The normalized spacial score (nSPS) is 12.6. The summed E-state index contributed by atoms with van der Waals surface area (Å²) in [7, 11) is 0. The second kappa shape index (κ2) is 9.15. The highest BCUT2D eigenvalue weighted by atomic mass is 32.2. The molecule has 170 valence electrons. The molecule has 31 heavy (non-hydrogen) atoms. The summed E-state index contributed by atoms with van der Waals surface area (Å²) in [6, 6.07) is 11.8. The van der Waals surface area contributed by atoms with Crippen LogP contribution in [0.1, 0.15) is 72.1 Å². The number of hydrogen-bond acceptors (Lipinski definition) is 4. The van der Waals surface area contributed by atoms with E-state index in [0.29, 0.717) is 11.5 Å². The molecule has 0 aliphatic carbocycles. The van der Waals surface area contributed by atoms with Crippen LogP contribution in [0.2, 0.25) is 0 Å². The van der Waals surface area contributed by atoms with Crippen molar-refractivity contribution in [2.24, 2.45) is 0 Å². The second-order valence-electron chi connectivity index (χ2n) is 10.5. The second-order valence-corrected chi connectivity index (χ2v) is 11.7. The lowest BCUT2D eigenvalue weighted by atomic mass is 9.79. The molecule has 2 rings (SSSR count). The van der Waals surface area contributed by atoms with Crippen molar-refractivity contribution in [3.63, 3.8) is 0 Å². The van der Waals surface area contributed by atoms with E-state index in [0.717, 1.165) is 28.2 Å². The molecule has 0 amide bonds. The number of aliphatic carboxylic acids is 1. The summed E-state index contributed by atoms with van der Waals surface area (Å²) in [5.74, 6) is 0.862. The Morgan fingerprint density at radius 1 is 0.903 bits per heavy atom. The summed E-state index contributed by atoms with van der Waals surface area (Å²) in [5.41, 5.74) is 1.58. The zero-order valence-corrected chi connectivity index (χ0v) is 20.8. The van der Waals surface area contributed by atoms with E-state index >= 15 is 0 Å². The van der Waals surface area contributed by atoms with E-state index in [1.807, 2.05) is 24.3 Å². The van der Waals surface area contributed by atoms with Crippen LogP contribution in [0.25, 0.3) is 0 Å². The Kier molecular flexibility index (Phi) is 7.42. The molecule has 2 aromatic rings. The number of aromatic hydroxyl groups is 1. The summed E-state index contributed by atoms with van der Waals surface area (Å²) in [6.45, 7) is 15.8. The van der Waals surface area contributed by atoms with E-state index in [-0.39, 0.29) is 10.8 Å². The molecule has 0 aliphatic heterocycles. The van der Waals surface area contributed by atoms with Crippen LogP contribution < -0.4 is 4.74 Å². The summed E-state index contributed by atoms with van der Waals surface area (Å²) < 4.78 is 5.56. The summed E-state index contributed by atoms with van der Waals surface area (Å²) >= 11 is 1.78. The van der Waals surface area contributed by atoms with Gasteiger partial charge in [-0.15, -0.1) is 11.8 Å². The fourth-order valence-electron chi connectivity index (χ4n) is 3.18. The molecule has 0 atom stereocenters. The number of ether oxygens (including phenoxy) is 1. The molecule has 0 aliphatic rings. The maximum Gasteiger partial charge on any atom is 0.347 e. The van der Waals surface area contributed by atoms with Crippen molar-refractivity contribution in [2.75, 3.05) is 5.75 Å². The molecule has 0 bridgehead atoms. The number of thioether (sulfide) groups is 1. The number of rotatable bonds is 7. The first-order chi connectivity index (χ1) is 14.1. The molecule has 2 N–H and O–H groups in total. The Bertz CT molecular complexity index is 881. The average molecular weight is 445 g/mol. The van der Waals surface area contributed by atoms with Crippen LogP contribution in [-0.2, 0) is 22.0 Å². The van der Waals surface area contributed by atoms with Crippen molar-refractivity contribution in [3.8, 4) is 11.5 Å². The van der Waals surface area contributed by atoms with Crippen molar-refractivity contribution in [1.29, 1.82) is 0 Å². The van der Waals surface area contributed by atoms with Gasteiger partial charge in [-0.1, -0.05) is 53.7 Å². The van der Waals surface area contributed by atoms with Crippen molar-refractivity contribution >= 4 is 17.7 Å². The fraction of sp³-hybridized carbons (Fsp3) is 0.500. The molecule has 0 heterocycles. The van der Waals surface area contributed by atoms with Crippen molar-refractivity contribution in [1.82, 2.24) is 0 Å². The van der Waals surface area contributed by atoms with Gasteiger partial charge >= 0.3 is 5.97 Å². The summed E-state index contributed by atoms with van der Waals surface area (Å²) in [6.07, 6.45) is 0.879. The molecule has 0 radical (unpaired) electrons. The maximum absolute atomic E-state index is 11.2. The number of aryl methyl sites for hydroxylation is 1. The quantitative estimate of drug-likeness (QED) is 0.473. The highest BCUT2D eigenvalue weighted by Gasteiger charge is 2.29. The molecule has 0 unspecified atom stereocenters. The predicted molar refractivity (Wildman–Crippen MR) is 129 cm³/mol. The Balaban J connectivity index is 2.11. The molecular formula is C26H36O4S. The third-order valence-corrected chi connectivity index (χ3v) is 6.15. The fourth-order valence-corrected chi connectivity index (χ4v) is 4.16. The number of phenols is 1. The van der Waals surface area contributed by atoms with Crippen LogP contribution in [0.15, 0.2) is 41.3 Å². The van der Waals surface area contributed by atoms with Gasteiger partial charge in [0.15, 0.2) is 5.60 Å². The zero-order valence-electron chi connectivity index (χ0n) is 20.0. The lowest BCUT2D eigenvalue weighted by Gasteiger charge is -2.28. The van der Waals surface area contributed by atoms with Crippen molar-refractivity contribution in [3.05, 3.63) is 53.1 Å². The average Bonchev–Trinajstić information content (AvgIpc) is 2.62. The van der Waals surface area contributed by atoms with Gasteiger partial charge in [0.2, 0.25) is 0 Å². The van der Waals surface area contributed by atoms with Gasteiger partial charge in [0.25, 0.3) is 0 Å². The van der Waals surface area contributed by atoms with E-state index in [1.165, 1.54) is 19.4 Å². The van der Waals surface area contributed by atoms with Crippen LogP contribution in [0.3, 0.4) is 0 Å². The van der Waals surface area contributed by atoms with E-state index in [4.69, 9.17) is 4.74 Å². The SMILES string of the molecule is CC(C)(Oc1ccc(CCSc2cc(C(C)(C)C)c(O)c(C(C)(C)C)c2)cc1)C(=O)O. The van der Waals surface area contributed by atoms with Crippen LogP contribution in [0, 0.1) is 0 Å². The van der Waals surface area contributed by atoms with Gasteiger partial charge in [-0.3, -0.25) is 0 Å². The lowest BCUT2D eigenvalue weighted by molar-refractivity contribution is -0.152. The summed E-state index contributed by atoms with van der Waals surface area (Å²) in [5, 5.41) is 20.1. The van der Waals surface area contributed by atoms with Gasteiger partial charge in [-0.05, 0) is 60.9 Å². The molecule has 0 spiro atoms. The van der Waals surface area contributed by atoms with Crippen molar-refractivity contribution < 1.29 is 19.7 Å². The molecule has 0 saturated carbocycles. The van der Waals surface area contributed by atoms with Crippen molar-refractivity contribution in [2.45, 2.75) is 83.1 Å². The monoisotopic (exact) mass is 444 g/mol. The van der Waals surface area contributed by atoms with E-state index < -0.39 is 11.6 Å². The first-order valence-electron chi connectivity index (χ1n) is 10.6. The van der Waals surface area contributed by atoms with E-state index in [2.05, 4.69) is 53.7 Å². The maximum atomic E-state index is 11.2. The van der Waals surface area contributed by atoms with Crippen LogP contribution in [0.5, 0.6) is 11.5 Å². The van der Waals surface area contributed by atoms with Gasteiger partial charge in [0.1, 0.15) is 11.5 Å². The molecule has 4 nitrogen and oxygen atoms in total. The third-order valence-electron chi connectivity index (χ3n) is 5.17. The molecule has 2 aromatic carbocycles. The van der Waals surface area contributed by atoms with Gasteiger partial charge < -0.3 is 14.9 Å². The highest BCUT2D eigenvalue weighted by molar-refractivity contribution is 7.99. The minimum absolute atomic E-state index is 0.139. The Labute approximate surface area is 191 Å². The standard InChI is InChI=1S/C26H36O4S/c1-24(2,3)20-15-19(16-21(22(20)27)25(4,5)6)31-14-13-17-9-11-18(12-10-17)30-26(7,8)23(28)29/h9-12,15-16,27H,13-14H2,1-8H3,(H,28,29). The smallest absolute Gasteiger partial charge is 0.347 e. The van der Waals surface area contributed by atoms with Crippen LogP contribution in [-0.4, -0.2) is 27.5 Å². The molecule has 0 saturated heterocycles. The van der Waals surface area contributed by atoms with E-state index in [9.17, 15) is 15.0 Å². The first kappa shape index (κ1) is 25.1.